The molecular weight excluding hydrogens is 190 g/mol. The third-order valence-electron chi connectivity index (χ3n) is 2.86. The molecule has 0 atom stereocenters. The van der Waals surface area contributed by atoms with Crippen molar-refractivity contribution in [3.63, 3.8) is 0 Å². The van der Waals surface area contributed by atoms with Crippen LogP contribution in [-0.2, 0) is 9.53 Å². The molecule has 3 heteroatoms. The standard InChI is InChI=1S/C12H25NO2/c1-7-10(14)12(4,5)15-9-8-11(2,3)13-6/h13H,7-9H2,1-6H3. The topological polar surface area (TPSA) is 38.3 Å². The fraction of sp³-hybridized carbons (Fsp3) is 0.917. The smallest absolute Gasteiger partial charge is 0.163 e. The van der Waals surface area contributed by atoms with Crippen LogP contribution in [0.15, 0.2) is 0 Å². The molecule has 0 aromatic heterocycles. The average Bonchev–Trinajstić information content (AvgIpc) is 2.16. The van der Waals surface area contributed by atoms with Crippen molar-refractivity contribution < 1.29 is 9.53 Å². The predicted molar refractivity (Wildman–Crippen MR) is 63.1 cm³/mol. The molecule has 0 heterocycles. The molecule has 0 aromatic carbocycles. The van der Waals surface area contributed by atoms with E-state index in [1.165, 1.54) is 0 Å². The Kier molecular flexibility index (Phi) is 5.46. The molecule has 0 saturated carbocycles. The lowest BCUT2D eigenvalue weighted by Crippen LogP contribution is -2.40. The second kappa shape index (κ2) is 5.61. The highest BCUT2D eigenvalue weighted by Gasteiger charge is 2.27. The monoisotopic (exact) mass is 215 g/mol. The van der Waals surface area contributed by atoms with Crippen LogP contribution in [0.4, 0.5) is 0 Å². The average molecular weight is 215 g/mol. The maximum Gasteiger partial charge on any atom is 0.163 e. The maximum absolute atomic E-state index is 11.5. The molecule has 0 fully saturated rings. The molecular formula is C12H25NO2. The van der Waals surface area contributed by atoms with Crippen LogP contribution in [0.25, 0.3) is 0 Å². The summed E-state index contributed by atoms with van der Waals surface area (Å²) in [5, 5.41) is 3.21. The molecule has 0 unspecified atom stereocenters. The summed E-state index contributed by atoms with van der Waals surface area (Å²) in [5.74, 6) is 0.157. The first-order chi connectivity index (χ1) is 6.75. The van der Waals surface area contributed by atoms with E-state index in [1.807, 2.05) is 27.8 Å². The Morgan fingerprint density at radius 2 is 1.80 bits per heavy atom. The van der Waals surface area contributed by atoms with Crippen molar-refractivity contribution in [1.82, 2.24) is 5.32 Å². The lowest BCUT2D eigenvalue weighted by molar-refractivity contribution is -0.140. The molecule has 0 radical (unpaired) electrons. The molecule has 0 rings (SSSR count). The third-order valence-corrected chi connectivity index (χ3v) is 2.86. The highest BCUT2D eigenvalue weighted by molar-refractivity contribution is 5.86. The van der Waals surface area contributed by atoms with Crippen LogP contribution in [-0.4, -0.2) is 30.6 Å². The zero-order valence-corrected chi connectivity index (χ0v) is 10.9. The zero-order valence-electron chi connectivity index (χ0n) is 10.9. The predicted octanol–water partition coefficient (Wildman–Crippen LogP) is 2.15. The van der Waals surface area contributed by atoms with Crippen LogP contribution < -0.4 is 5.32 Å². The summed E-state index contributed by atoms with van der Waals surface area (Å²) in [5.41, 5.74) is -0.579. The number of ketones is 1. The molecule has 0 aromatic rings. The summed E-state index contributed by atoms with van der Waals surface area (Å²) in [6.07, 6.45) is 1.42. The molecule has 0 spiro atoms. The van der Waals surface area contributed by atoms with Gasteiger partial charge in [0.15, 0.2) is 5.78 Å². The van der Waals surface area contributed by atoms with Crippen molar-refractivity contribution >= 4 is 5.78 Å². The fourth-order valence-electron chi connectivity index (χ4n) is 1.19. The minimum absolute atomic E-state index is 0.0609. The van der Waals surface area contributed by atoms with Gasteiger partial charge in [-0.25, -0.2) is 0 Å². The van der Waals surface area contributed by atoms with Crippen molar-refractivity contribution in [3.05, 3.63) is 0 Å². The molecule has 0 aliphatic carbocycles. The Morgan fingerprint density at radius 1 is 1.27 bits per heavy atom. The van der Waals surface area contributed by atoms with E-state index in [9.17, 15) is 4.79 Å². The van der Waals surface area contributed by atoms with E-state index in [0.717, 1.165) is 6.42 Å². The van der Waals surface area contributed by atoms with E-state index in [0.29, 0.717) is 13.0 Å². The Labute approximate surface area is 93.6 Å². The van der Waals surface area contributed by atoms with Gasteiger partial charge in [-0.1, -0.05) is 6.92 Å². The summed E-state index contributed by atoms with van der Waals surface area (Å²) in [4.78, 5) is 11.5. The Morgan fingerprint density at radius 3 is 2.20 bits per heavy atom. The van der Waals surface area contributed by atoms with Gasteiger partial charge in [0, 0.05) is 18.6 Å². The molecule has 0 bridgehead atoms. The van der Waals surface area contributed by atoms with Crippen molar-refractivity contribution in [2.75, 3.05) is 13.7 Å². The van der Waals surface area contributed by atoms with E-state index in [1.54, 1.807) is 0 Å². The quantitative estimate of drug-likeness (QED) is 0.707. The van der Waals surface area contributed by atoms with Crippen LogP contribution in [0.2, 0.25) is 0 Å². The van der Waals surface area contributed by atoms with E-state index in [-0.39, 0.29) is 11.3 Å². The number of hydrogen-bond acceptors (Lipinski definition) is 3. The Bertz CT molecular complexity index is 210. The lowest BCUT2D eigenvalue weighted by Gasteiger charge is -2.28. The minimum Gasteiger partial charge on any atom is -0.368 e. The molecule has 90 valence electrons. The van der Waals surface area contributed by atoms with Gasteiger partial charge < -0.3 is 10.1 Å². The van der Waals surface area contributed by atoms with Crippen LogP contribution in [0.3, 0.4) is 0 Å². The second-order valence-corrected chi connectivity index (χ2v) is 5.02. The summed E-state index contributed by atoms with van der Waals surface area (Å²) < 4.78 is 5.63. The number of hydrogen-bond donors (Lipinski definition) is 1. The minimum atomic E-state index is -0.640. The van der Waals surface area contributed by atoms with Gasteiger partial charge in [0.05, 0.1) is 0 Å². The highest BCUT2D eigenvalue weighted by Crippen LogP contribution is 2.15. The van der Waals surface area contributed by atoms with E-state index < -0.39 is 5.60 Å². The van der Waals surface area contributed by atoms with Gasteiger partial charge in [-0.05, 0) is 41.2 Å². The highest BCUT2D eigenvalue weighted by atomic mass is 16.5. The van der Waals surface area contributed by atoms with E-state index >= 15 is 0 Å². The van der Waals surface area contributed by atoms with Gasteiger partial charge in [0.2, 0.25) is 0 Å². The van der Waals surface area contributed by atoms with Crippen LogP contribution >= 0.6 is 0 Å². The van der Waals surface area contributed by atoms with Gasteiger partial charge in [-0.2, -0.15) is 0 Å². The number of ether oxygens (including phenoxy) is 1. The van der Waals surface area contributed by atoms with Crippen LogP contribution in [0.5, 0.6) is 0 Å². The normalized spacial score (nSPS) is 12.9. The molecule has 0 saturated heterocycles. The van der Waals surface area contributed by atoms with E-state index in [4.69, 9.17) is 4.74 Å². The van der Waals surface area contributed by atoms with Crippen molar-refractivity contribution in [2.24, 2.45) is 0 Å². The molecule has 15 heavy (non-hydrogen) atoms. The lowest BCUT2D eigenvalue weighted by atomic mass is 9.99. The van der Waals surface area contributed by atoms with Crippen molar-refractivity contribution in [2.45, 2.75) is 58.6 Å². The van der Waals surface area contributed by atoms with Gasteiger partial charge in [-0.15, -0.1) is 0 Å². The summed E-state index contributed by atoms with van der Waals surface area (Å²) in [7, 11) is 1.93. The molecule has 0 aliphatic heterocycles. The van der Waals surface area contributed by atoms with Gasteiger partial charge in [0.25, 0.3) is 0 Å². The maximum atomic E-state index is 11.5. The molecule has 3 nitrogen and oxygen atoms in total. The number of rotatable bonds is 7. The number of carbonyl (C=O) groups excluding carboxylic acids is 1. The van der Waals surface area contributed by atoms with Crippen molar-refractivity contribution in [3.8, 4) is 0 Å². The first-order valence-corrected chi connectivity index (χ1v) is 5.61. The fourth-order valence-corrected chi connectivity index (χ4v) is 1.19. The molecule has 0 amide bonds. The zero-order chi connectivity index (χ0) is 12.1. The van der Waals surface area contributed by atoms with Crippen molar-refractivity contribution in [1.29, 1.82) is 0 Å². The first kappa shape index (κ1) is 14.6. The molecule has 0 aliphatic rings. The Hall–Kier alpha value is -0.410. The number of Topliss-reactive ketones (excluding diaryl/α,β-unsaturated/α-hetero) is 1. The van der Waals surface area contributed by atoms with E-state index in [2.05, 4.69) is 19.2 Å². The van der Waals surface area contributed by atoms with Crippen LogP contribution in [0.1, 0.15) is 47.5 Å². The summed E-state index contributed by atoms with van der Waals surface area (Å²) in [6.45, 7) is 10.4. The molecule has 1 N–H and O–H groups in total. The third kappa shape index (κ3) is 5.28. The first-order valence-electron chi connectivity index (χ1n) is 5.61. The van der Waals surface area contributed by atoms with Gasteiger partial charge >= 0.3 is 0 Å². The van der Waals surface area contributed by atoms with Crippen LogP contribution in [0, 0.1) is 0 Å². The number of nitrogens with one attached hydrogen (secondary N) is 1. The number of carbonyl (C=O) groups is 1. The van der Waals surface area contributed by atoms with Gasteiger partial charge in [0.1, 0.15) is 5.60 Å². The largest absolute Gasteiger partial charge is 0.368 e. The summed E-state index contributed by atoms with van der Waals surface area (Å²) in [6, 6.07) is 0. The second-order valence-electron chi connectivity index (χ2n) is 5.02. The van der Waals surface area contributed by atoms with Gasteiger partial charge in [-0.3, -0.25) is 4.79 Å². The summed E-state index contributed by atoms with van der Waals surface area (Å²) >= 11 is 0. The Balaban J connectivity index is 4.00. The SMILES string of the molecule is CCC(=O)C(C)(C)OCCC(C)(C)NC.